The molecule has 1 aliphatic rings. The largest absolute Gasteiger partial charge is 0.497 e. The molecule has 0 spiro atoms. The molecular weight excluding hydrogens is 278 g/mol. The lowest BCUT2D eigenvalue weighted by molar-refractivity contribution is 0.408. The number of nitrogens with one attached hydrogen (secondary N) is 1. The summed E-state index contributed by atoms with van der Waals surface area (Å²) in [6.45, 7) is 3.29. The molecule has 0 saturated heterocycles. The summed E-state index contributed by atoms with van der Waals surface area (Å²) in [6.07, 6.45) is 4.84. The number of rotatable bonds is 4. The summed E-state index contributed by atoms with van der Waals surface area (Å²) in [7, 11) is 1.73. The van der Waals surface area contributed by atoms with E-state index in [9.17, 15) is 0 Å². The summed E-state index contributed by atoms with van der Waals surface area (Å²) < 4.78 is 6.55. The van der Waals surface area contributed by atoms with E-state index in [4.69, 9.17) is 4.74 Å². The van der Waals surface area contributed by atoms with Crippen LogP contribution >= 0.6 is 15.9 Å². The van der Waals surface area contributed by atoms with Crippen LogP contribution in [0.1, 0.15) is 43.4 Å². The van der Waals surface area contributed by atoms with Gasteiger partial charge in [-0.2, -0.15) is 0 Å². The highest BCUT2D eigenvalue weighted by Crippen LogP contribution is 2.37. The molecule has 0 saturated carbocycles. The van der Waals surface area contributed by atoms with Crippen molar-refractivity contribution in [2.75, 3.05) is 13.7 Å². The number of ether oxygens (including phenoxy) is 1. The topological polar surface area (TPSA) is 21.3 Å². The highest BCUT2D eigenvalue weighted by atomic mass is 79.9. The van der Waals surface area contributed by atoms with Crippen molar-refractivity contribution >= 4 is 15.9 Å². The highest BCUT2D eigenvalue weighted by molar-refractivity contribution is 9.10. The molecule has 1 aliphatic carbocycles. The second-order valence-electron chi connectivity index (χ2n) is 4.58. The van der Waals surface area contributed by atoms with Crippen molar-refractivity contribution in [3.8, 4) is 5.75 Å². The quantitative estimate of drug-likeness (QED) is 0.912. The first-order valence-corrected chi connectivity index (χ1v) is 7.15. The van der Waals surface area contributed by atoms with Crippen molar-refractivity contribution < 1.29 is 4.74 Å². The minimum atomic E-state index is 0.491. The first kappa shape index (κ1) is 12.9. The fraction of sp³-hybridized carbons (Fsp3) is 0.571. The molecule has 0 bridgehead atoms. The molecule has 1 unspecified atom stereocenters. The standard InChI is InChI=1S/C14H20BrNO/c1-3-7-16-14-6-4-5-11-12(14)8-10(17-2)9-13(11)15/h8-9,14,16H,3-7H2,1-2H3. The van der Waals surface area contributed by atoms with Crippen molar-refractivity contribution in [3.63, 3.8) is 0 Å². The summed E-state index contributed by atoms with van der Waals surface area (Å²) in [5.74, 6) is 0.945. The Kier molecular flexibility index (Phi) is 4.46. The maximum Gasteiger partial charge on any atom is 0.120 e. The van der Waals surface area contributed by atoms with Crippen LogP contribution in [0, 0.1) is 0 Å². The fourth-order valence-electron chi connectivity index (χ4n) is 2.49. The molecule has 94 valence electrons. The monoisotopic (exact) mass is 297 g/mol. The van der Waals surface area contributed by atoms with Gasteiger partial charge < -0.3 is 10.1 Å². The average molecular weight is 298 g/mol. The van der Waals surface area contributed by atoms with Gasteiger partial charge in [-0.3, -0.25) is 0 Å². The number of benzene rings is 1. The lowest BCUT2D eigenvalue weighted by atomic mass is 9.87. The fourth-order valence-corrected chi connectivity index (χ4v) is 3.15. The van der Waals surface area contributed by atoms with Gasteiger partial charge in [0.15, 0.2) is 0 Å². The van der Waals surface area contributed by atoms with Crippen LogP contribution in [0.5, 0.6) is 5.75 Å². The SMILES string of the molecule is CCCNC1CCCc2c(Br)cc(OC)cc21. The molecule has 0 heterocycles. The molecule has 0 fully saturated rings. The molecular formula is C14H20BrNO. The van der Waals surface area contributed by atoms with Crippen LogP contribution in [-0.4, -0.2) is 13.7 Å². The van der Waals surface area contributed by atoms with Crippen LogP contribution in [0.4, 0.5) is 0 Å². The van der Waals surface area contributed by atoms with E-state index < -0.39 is 0 Å². The summed E-state index contributed by atoms with van der Waals surface area (Å²) >= 11 is 3.66. The molecule has 0 radical (unpaired) electrons. The Morgan fingerprint density at radius 2 is 2.29 bits per heavy atom. The van der Waals surface area contributed by atoms with Crippen molar-refractivity contribution in [1.29, 1.82) is 0 Å². The molecule has 1 N–H and O–H groups in total. The van der Waals surface area contributed by atoms with E-state index in [1.807, 2.05) is 0 Å². The summed E-state index contributed by atoms with van der Waals surface area (Å²) in [6, 6.07) is 4.75. The Hall–Kier alpha value is -0.540. The predicted octanol–water partition coefficient (Wildman–Crippen LogP) is 3.83. The van der Waals surface area contributed by atoms with E-state index in [1.54, 1.807) is 7.11 Å². The number of halogens is 1. The van der Waals surface area contributed by atoms with E-state index in [2.05, 4.69) is 40.3 Å². The predicted molar refractivity (Wildman–Crippen MR) is 74.7 cm³/mol. The van der Waals surface area contributed by atoms with Gasteiger partial charge in [0.1, 0.15) is 5.75 Å². The molecule has 1 aromatic carbocycles. The maximum atomic E-state index is 5.36. The van der Waals surface area contributed by atoms with Crippen LogP contribution in [-0.2, 0) is 6.42 Å². The van der Waals surface area contributed by atoms with Gasteiger partial charge in [0, 0.05) is 10.5 Å². The highest BCUT2D eigenvalue weighted by Gasteiger charge is 2.22. The molecule has 3 heteroatoms. The molecule has 2 rings (SSSR count). The van der Waals surface area contributed by atoms with Gasteiger partial charge in [0.05, 0.1) is 7.11 Å². The van der Waals surface area contributed by atoms with E-state index in [1.165, 1.54) is 41.3 Å². The van der Waals surface area contributed by atoms with Gasteiger partial charge in [-0.25, -0.2) is 0 Å². The lowest BCUT2D eigenvalue weighted by Crippen LogP contribution is -2.26. The van der Waals surface area contributed by atoms with Crippen LogP contribution in [0.25, 0.3) is 0 Å². The molecule has 1 aromatic rings. The molecule has 0 aliphatic heterocycles. The molecule has 17 heavy (non-hydrogen) atoms. The minimum Gasteiger partial charge on any atom is -0.497 e. The second kappa shape index (κ2) is 5.87. The Bertz CT molecular complexity index is 392. The normalized spacial score (nSPS) is 18.9. The number of hydrogen-bond donors (Lipinski definition) is 1. The summed E-state index contributed by atoms with van der Waals surface area (Å²) in [5, 5.41) is 3.63. The third-order valence-electron chi connectivity index (χ3n) is 3.37. The zero-order valence-electron chi connectivity index (χ0n) is 10.6. The van der Waals surface area contributed by atoms with Gasteiger partial charge in [-0.1, -0.05) is 22.9 Å². The Balaban J connectivity index is 2.31. The first-order chi connectivity index (χ1) is 8.26. The Morgan fingerprint density at radius 1 is 1.47 bits per heavy atom. The summed E-state index contributed by atoms with van der Waals surface area (Å²) in [4.78, 5) is 0. The number of hydrogen-bond acceptors (Lipinski definition) is 2. The summed E-state index contributed by atoms with van der Waals surface area (Å²) in [5.41, 5.74) is 2.86. The molecule has 2 nitrogen and oxygen atoms in total. The van der Waals surface area contributed by atoms with Gasteiger partial charge in [0.2, 0.25) is 0 Å². The zero-order chi connectivity index (χ0) is 12.3. The molecule has 0 aromatic heterocycles. The van der Waals surface area contributed by atoms with Crippen molar-refractivity contribution in [2.45, 2.75) is 38.6 Å². The van der Waals surface area contributed by atoms with Gasteiger partial charge in [-0.15, -0.1) is 0 Å². The Labute approximate surface area is 112 Å². The van der Waals surface area contributed by atoms with Crippen LogP contribution in [0.15, 0.2) is 16.6 Å². The van der Waals surface area contributed by atoms with Crippen molar-refractivity contribution in [3.05, 3.63) is 27.7 Å². The lowest BCUT2D eigenvalue weighted by Gasteiger charge is -2.28. The maximum absolute atomic E-state index is 5.36. The van der Waals surface area contributed by atoms with Crippen molar-refractivity contribution in [1.82, 2.24) is 5.32 Å². The van der Waals surface area contributed by atoms with E-state index in [-0.39, 0.29) is 0 Å². The van der Waals surface area contributed by atoms with Crippen LogP contribution < -0.4 is 10.1 Å². The smallest absolute Gasteiger partial charge is 0.120 e. The number of methoxy groups -OCH3 is 1. The average Bonchev–Trinajstić information content (AvgIpc) is 2.36. The second-order valence-corrected chi connectivity index (χ2v) is 5.43. The van der Waals surface area contributed by atoms with Crippen molar-refractivity contribution in [2.24, 2.45) is 0 Å². The third-order valence-corrected chi connectivity index (χ3v) is 4.08. The zero-order valence-corrected chi connectivity index (χ0v) is 12.1. The Morgan fingerprint density at radius 3 is 3.00 bits per heavy atom. The van der Waals surface area contributed by atoms with Gasteiger partial charge in [0.25, 0.3) is 0 Å². The first-order valence-electron chi connectivity index (χ1n) is 6.36. The number of fused-ring (bicyclic) bond motifs is 1. The van der Waals surface area contributed by atoms with Crippen LogP contribution in [0.3, 0.4) is 0 Å². The van der Waals surface area contributed by atoms with Crippen LogP contribution in [0.2, 0.25) is 0 Å². The molecule has 1 atom stereocenters. The van der Waals surface area contributed by atoms with Gasteiger partial charge in [-0.05, 0) is 55.5 Å². The van der Waals surface area contributed by atoms with Gasteiger partial charge >= 0.3 is 0 Å². The van der Waals surface area contributed by atoms with E-state index in [0.29, 0.717) is 6.04 Å². The molecule has 0 amide bonds. The van der Waals surface area contributed by atoms with E-state index >= 15 is 0 Å². The van der Waals surface area contributed by atoms with E-state index in [0.717, 1.165) is 12.3 Å². The minimum absolute atomic E-state index is 0.491. The third kappa shape index (κ3) is 2.83.